The van der Waals surface area contributed by atoms with Gasteiger partial charge in [-0.2, -0.15) is 10.1 Å². The molecule has 5 heteroatoms. The lowest BCUT2D eigenvalue weighted by molar-refractivity contribution is 0.418. The van der Waals surface area contributed by atoms with E-state index in [1.54, 1.807) is 4.68 Å². The maximum absolute atomic E-state index is 4.57. The van der Waals surface area contributed by atoms with Crippen LogP contribution in [0.2, 0.25) is 0 Å². The molecule has 2 aromatic heterocycles. The smallest absolute Gasteiger partial charge is 0.222 e. The first-order valence-electron chi connectivity index (χ1n) is 3.12. The third kappa shape index (κ3) is 1.000. The third-order valence-corrected chi connectivity index (χ3v) is 1.30. The van der Waals surface area contributed by atoms with E-state index in [9.17, 15) is 0 Å². The molecule has 0 unspecified atom stereocenters. The molecule has 0 atom stereocenters. The summed E-state index contributed by atoms with van der Waals surface area (Å²) in [6.45, 7) is 0. The van der Waals surface area contributed by atoms with E-state index in [4.69, 9.17) is 0 Å². The standard InChI is InChI=1S/C6H6N4O/c1-10-3-2-5(8-10)6-7-4-11-9-6/h2-4H,1H3. The summed E-state index contributed by atoms with van der Waals surface area (Å²) in [5.41, 5.74) is 0.723. The van der Waals surface area contributed by atoms with E-state index in [0.29, 0.717) is 5.82 Å². The van der Waals surface area contributed by atoms with Crippen molar-refractivity contribution in [3.8, 4) is 11.5 Å². The molecule has 0 amide bonds. The first-order chi connectivity index (χ1) is 5.36. The van der Waals surface area contributed by atoms with Gasteiger partial charge in [0, 0.05) is 13.2 Å². The van der Waals surface area contributed by atoms with Gasteiger partial charge >= 0.3 is 0 Å². The summed E-state index contributed by atoms with van der Waals surface area (Å²) in [4.78, 5) is 3.85. The van der Waals surface area contributed by atoms with Gasteiger partial charge in [0.25, 0.3) is 0 Å². The molecule has 56 valence electrons. The fraction of sp³-hybridized carbons (Fsp3) is 0.167. The molecule has 0 radical (unpaired) electrons. The zero-order valence-corrected chi connectivity index (χ0v) is 5.93. The van der Waals surface area contributed by atoms with E-state index < -0.39 is 0 Å². The Hall–Kier alpha value is -1.65. The molecule has 2 rings (SSSR count). The summed E-state index contributed by atoms with van der Waals surface area (Å²) in [6, 6.07) is 1.82. The Kier molecular flexibility index (Phi) is 1.21. The van der Waals surface area contributed by atoms with Crippen molar-refractivity contribution >= 4 is 0 Å². The minimum absolute atomic E-state index is 0.519. The SMILES string of the molecule is Cn1ccc(-c2ncon2)n1. The first-order valence-corrected chi connectivity index (χ1v) is 3.12. The third-order valence-electron chi connectivity index (χ3n) is 1.30. The lowest BCUT2D eigenvalue weighted by atomic mass is 10.4. The maximum atomic E-state index is 4.57. The van der Waals surface area contributed by atoms with Crippen LogP contribution in [0, 0.1) is 0 Å². The quantitative estimate of drug-likeness (QED) is 0.593. The zero-order valence-electron chi connectivity index (χ0n) is 5.93. The van der Waals surface area contributed by atoms with Crippen molar-refractivity contribution in [2.45, 2.75) is 0 Å². The fourth-order valence-corrected chi connectivity index (χ4v) is 0.818. The van der Waals surface area contributed by atoms with Gasteiger partial charge in [-0.1, -0.05) is 5.16 Å². The van der Waals surface area contributed by atoms with Crippen LogP contribution in [0.25, 0.3) is 11.5 Å². The molecule has 0 aliphatic carbocycles. The van der Waals surface area contributed by atoms with Crippen molar-refractivity contribution in [3.05, 3.63) is 18.7 Å². The maximum Gasteiger partial charge on any atom is 0.222 e. The molecule has 0 fully saturated rings. The van der Waals surface area contributed by atoms with Crippen LogP contribution >= 0.6 is 0 Å². The van der Waals surface area contributed by atoms with Crippen LogP contribution in [0.5, 0.6) is 0 Å². The van der Waals surface area contributed by atoms with E-state index >= 15 is 0 Å². The van der Waals surface area contributed by atoms with Gasteiger partial charge < -0.3 is 4.52 Å². The Bertz CT molecular complexity index is 337. The number of aryl methyl sites for hydroxylation is 1. The Morgan fingerprint density at radius 1 is 1.55 bits per heavy atom. The van der Waals surface area contributed by atoms with E-state index in [1.807, 2.05) is 19.3 Å². The van der Waals surface area contributed by atoms with Gasteiger partial charge in [0.1, 0.15) is 5.69 Å². The number of nitrogens with zero attached hydrogens (tertiary/aromatic N) is 4. The second-order valence-electron chi connectivity index (χ2n) is 2.13. The molecule has 2 heterocycles. The summed E-state index contributed by atoms with van der Waals surface area (Å²) in [5, 5.41) is 7.72. The zero-order chi connectivity index (χ0) is 7.68. The van der Waals surface area contributed by atoms with E-state index in [-0.39, 0.29) is 0 Å². The Morgan fingerprint density at radius 2 is 2.45 bits per heavy atom. The van der Waals surface area contributed by atoms with Crippen LogP contribution in [0.4, 0.5) is 0 Å². The average Bonchev–Trinajstić information content (AvgIpc) is 2.55. The molecule has 0 saturated carbocycles. The fourth-order valence-electron chi connectivity index (χ4n) is 0.818. The van der Waals surface area contributed by atoms with E-state index in [1.165, 1.54) is 6.39 Å². The molecule has 5 nitrogen and oxygen atoms in total. The monoisotopic (exact) mass is 150 g/mol. The Labute approximate surface area is 62.6 Å². The Morgan fingerprint density at radius 3 is 3.00 bits per heavy atom. The molecule has 2 aromatic rings. The van der Waals surface area contributed by atoms with Crippen molar-refractivity contribution < 1.29 is 4.52 Å². The summed E-state index contributed by atoms with van der Waals surface area (Å²) < 4.78 is 6.25. The van der Waals surface area contributed by atoms with Gasteiger partial charge in [0.2, 0.25) is 12.2 Å². The second-order valence-corrected chi connectivity index (χ2v) is 2.13. The molecule has 0 aliphatic heterocycles. The molecule has 0 spiro atoms. The molecule has 11 heavy (non-hydrogen) atoms. The topological polar surface area (TPSA) is 56.7 Å². The lowest BCUT2D eigenvalue weighted by Crippen LogP contribution is -1.88. The van der Waals surface area contributed by atoms with Gasteiger partial charge in [0.05, 0.1) is 0 Å². The van der Waals surface area contributed by atoms with Gasteiger partial charge in [0.15, 0.2) is 0 Å². The van der Waals surface area contributed by atoms with Gasteiger partial charge in [-0.3, -0.25) is 4.68 Å². The molecular formula is C6H6N4O. The summed E-state index contributed by atoms with van der Waals surface area (Å²) in [5.74, 6) is 0.519. The van der Waals surface area contributed by atoms with Crippen molar-refractivity contribution in [2.75, 3.05) is 0 Å². The van der Waals surface area contributed by atoms with Gasteiger partial charge in [-0.05, 0) is 6.07 Å². The Balaban J connectivity index is 2.45. The number of hydrogen-bond donors (Lipinski definition) is 0. The summed E-state index contributed by atoms with van der Waals surface area (Å²) >= 11 is 0. The predicted molar refractivity (Wildman–Crippen MR) is 36.5 cm³/mol. The largest absolute Gasteiger partial charge is 0.342 e. The number of aromatic nitrogens is 4. The minimum atomic E-state index is 0.519. The molecule has 0 saturated heterocycles. The molecule has 0 N–H and O–H groups in total. The van der Waals surface area contributed by atoms with Crippen LogP contribution in [-0.4, -0.2) is 19.9 Å². The van der Waals surface area contributed by atoms with Crippen LogP contribution in [0.3, 0.4) is 0 Å². The van der Waals surface area contributed by atoms with Crippen LogP contribution in [0.1, 0.15) is 0 Å². The van der Waals surface area contributed by atoms with Crippen LogP contribution in [-0.2, 0) is 7.05 Å². The number of hydrogen-bond acceptors (Lipinski definition) is 4. The van der Waals surface area contributed by atoms with Gasteiger partial charge in [-0.15, -0.1) is 0 Å². The van der Waals surface area contributed by atoms with E-state index in [0.717, 1.165) is 5.69 Å². The van der Waals surface area contributed by atoms with Crippen molar-refractivity contribution in [1.29, 1.82) is 0 Å². The van der Waals surface area contributed by atoms with Crippen molar-refractivity contribution in [2.24, 2.45) is 7.05 Å². The van der Waals surface area contributed by atoms with Gasteiger partial charge in [-0.25, -0.2) is 0 Å². The molecule has 0 bridgehead atoms. The van der Waals surface area contributed by atoms with Crippen LogP contribution in [0.15, 0.2) is 23.2 Å². The molecular weight excluding hydrogens is 144 g/mol. The minimum Gasteiger partial charge on any atom is -0.342 e. The highest BCUT2D eigenvalue weighted by Gasteiger charge is 2.04. The van der Waals surface area contributed by atoms with Crippen molar-refractivity contribution in [3.63, 3.8) is 0 Å². The van der Waals surface area contributed by atoms with Crippen LogP contribution < -0.4 is 0 Å². The summed E-state index contributed by atoms with van der Waals surface area (Å²) in [7, 11) is 1.84. The highest BCUT2D eigenvalue weighted by Crippen LogP contribution is 2.08. The summed E-state index contributed by atoms with van der Waals surface area (Å²) in [6.07, 6.45) is 3.11. The highest BCUT2D eigenvalue weighted by molar-refractivity contribution is 5.45. The molecule has 0 aromatic carbocycles. The van der Waals surface area contributed by atoms with E-state index in [2.05, 4.69) is 19.8 Å². The predicted octanol–water partition coefficient (Wildman–Crippen LogP) is 0.470. The second kappa shape index (κ2) is 2.19. The molecule has 0 aliphatic rings. The average molecular weight is 150 g/mol. The normalized spacial score (nSPS) is 10.3. The first kappa shape index (κ1) is 6.09. The van der Waals surface area contributed by atoms with Crippen molar-refractivity contribution in [1.82, 2.24) is 19.9 Å². The number of rotatable bonds is 1. The lowest BCUT2D eigenvalue weighted by Gasteiger charge is -1.83. The highest BCUT2D eigenvalue weighted by atomic mass is 16.5.